The lowest BCUT2D eigenvalue weighted by Crippen LogP contribution is -2.49. The van der Waals surface area contributed by atoms with Gasteiger partial charge in [-0.05, 0) is 67.1 Å². The van der Waals surface area contributed by atoms with Crippen LogP contribution in [0.3, 0.4) is 0 Å². The molecule has 4 rings (SSSR count). The third kappa shape index (κ3) is 5.88. The summed E-state index contributed by atoms with van der Waals surface area (Å²) in [4.78, 5) is 23.3. The van der Waals surface area contributed by atoms with Crippen LogP contribution in [-0.2, 0) is 13.0 Å². The highest BCUT2D eigenvalue weighted by molar-refractivity contribution is 5.94. The molecule has 0 radical (unpaired) electrons. The Kier molecular flexibility index (Phi) is 7.40. The van der Waals surface area contributed by atoms with E-state index >= 15 is 0 Å². The Labute approximate surface area is 187 Å². The van der Waals surface area contributed by atoms with E-state index < -0.39 is 0 Å². The van der Waals surface area contributed by atoms with Gasteiger partial charge in [-0.3, -0.25) is 15.1 Å². The van der Waals surface area contributed by atoms with E-state index in [0.29, 0.717) is 12.1 Å². The van der Waals surface area contributed by atoms with Crippen molar-refractivity contribution in [1.82, 2.24) is 20.6 Å². The molecule has 1 fully saturated rings. The van der Waals surface area contributed by atoms with Crippen LogP contribution in [0.5, 0.6) is 0 Å². The van der Waals surface area contributed by atoms with Crippen molar-refractivity contribution in [3.8, 4) is 0 Å². The van der Waals surface area contributed by atoms with E-state index in [9.17, 15) is 9.18 Å². The highest BCUT2D eigenvalue weighted by Crippen LogP contribution is 2.22. The molecular weight excluding hydrogens is 405 g/mol. The fraction of sp³-hybridized carbons (Fsp3) is 0.320. The lowest BCUT2D eigenvalue weighted by atomic mass is 10.1. The number of rotatable bonds is 8. The van der Waals surface area contributed by atoms with Crippen molar-refractivity contribution in [2.45, 2.75) is 38.4 Å². The van der Waals surface area contributed by atoms with Crippen molar-refractivity contribution in [3.63, 3.8) is 0 Å². The molecule has 0 bridgehead atoms. The van der Waals surface area contributed by atoms with Gasteiger partial charge in [0.05, 0.1) is 11.7 Å². The minimum absolute atomic E-state index is 0.156. The zero-order chi connectivity index (χ0) is 22.2. The quantitative estimate of drug-likeness (QED) is 0.567. The minimum Gasteiger partial charge on any atom is -0.348 e. The van der Waals surface area contributed by atoms with Crippen LogP contribution < -0.4 is 15.5 Å². The third-order valence-electron chi connectivity index (χ3n) is 5.67. The molecule has 32 heavy (non-hydrogen) atoms. The number of piperidine rings is 1. The van der Waals surface area contributed by atoms with Gasteiger partial charge >= 0.3 is 0 Å². The number of benzene rings is 1. The first-order valence-corrected chi connectivity index (χ1v) is 11.1. The standard InChI is InChI=1S/C25H28FN5O/c26-22-7-3-5-19(15-22)11-13-28-23-8-1-2-14-31(23)24-10-9-21(18-29-24)25(32)30-17-20-6-4-12-27-16-20/h3-7,9-10,12,15-16,18,23,28H,1-2,8,11,13-14,17H2,(H,30,32). The zero-order valence-electron chi connectivity index (χ0n) is 18.0. The first-order chi connectivity index (χ1) is 15.7. The third-order valence-corrected chi connectivity index (χ3v) is 5.67. The topological polar surface area (TPSA) is 70.2 Å². The summed E-state index contributed by atoms with van der Waals surface area (Å²) in [5, 5.41) is 6.49. The molecule has 1 aromatic carbocycles. The highest BCUT2D eigenvalue weighted by Gasteiger charge is 2.23. The molecule has 2 N–H and O–H groups in total. The van der Waals surface area contributed by atoms with E-state index in [-0.39, 0.29) is 17.9 Å². The van der Waals surface area contributed by atoms with Crippen LogP contribution in [-0.4, -0.2) is 35.1 Å². The van der Waals surface area contributed by atoms with Crippen LogP contribution in [0.15, 0.2) is 67.1 Å². The fourth-order valence-corrected chi connectivity index (χ4v) is 3.97. The number of pyridine rings is 2. The lowest BCUT2D eigenvalue weighted by molar-refractivity contribution is 0.0950. The number of nitrogens with one attached hydrogen (secondary N) is 2. The van der Waals surface area contributed by atoms with Crippen molar-refractivity contribution < 1.29 is 9.18 Å². The van der Waals surface area contributed by atoms with E-state index in [0.717, 1.165) is 55.7 Å². The second-order valence-corrected chi connectivity index (χ2v) is 7.99. The molecule has 1 saturated heterocycles. The zero-order valence-corrected chi connectivity index (χ0v) is 18.0. The second-order valence-electron chi connectivity index (χ2n) is 7.99. The Bertz CT molecular complexity index is 1010. The average Bonchev–Trinajstić information content (AvgIpc) is 2.84. The van der Waals surface area contributed by atoms with Crippen molar-refractivity contribution in [2.75, 3.05) is 18.0 Å². The number of anilines is 1. The van der Waals surface area contributed by atoms with Crippen LogP contribution in [0.4, 0.5) is 10.2 Å². The van der Waals surface area contributed by atoms with Gasteiger partial charge in [0.15, 0.2) is 0 Å². The van der Waals surface area contributed by atoms with Gasteiger partial charge < -0.3 is 10.2 Å². The number of carbonyl (C=O) groups excluding carboxylic acids is 1. The van der Waals surface area contributed by atoms with Crippen LogP contribution >= 0.6 is 0 Å². The number of aromatic nitrogens is 2. The van der Waals surface area contributed by atoms with Gasteiger partial charge in [0.2, 0.25) is 0 Å². The summed E-state index contributed by atoms with van der Waals surface area (Å²) in [6.07, 6.45) is 9.31. The number of hydrogen-bond donors (Lipinski definition) is 2. The van der Waals surface area contributed by atoms with Gasteiger partial charge in [-0.1, -0.05) is 18.2 Å². The summed E-state index contributed by atoms with van der Waals surface area (Å²) in [6, 6.07) is 14.2. The Balaban J connectivity index is 1.33. The molecule has 3 heterocycles. The van der Waals surface area contributed by atoms with Crippen molar-refractivity contribution in [2.24, 2.45) is 0 Å². The molecule has 0 spiro atoms. The number of carbonyl (C=O) groups is 1. The Hall–Kier alpha value is -3.32. The minimum atomic E-state index is -0.199. The highest BCUT2D eigenvalue weighted by atomic mass is 19.1. The number of halogens is 1. The lowest BCUT2D eigenvalue weighted by Gasteiger charge is -2.37. The SMILES string of the molecule is O=C(NCc1cccnc1)c1ccc(N2CCCCC2NCCc2cccc(F)c2)nc1. The maximum absolute atomic E-state index is 13.4. The maximum atomic E-state index is 13.4. The van der Waals surface area contributed by atoms with E-state index in [1.807, 2.05) is 30.3 Å². The van der Waals surface area contributed by atoms with Crippen LogP contribution in [0.1, 0.15) is 40.7 Å². The molecule has 0 saturated carbocycles. The Morgan fingerprint density at radius 3 is 2.78 bits per heavy atom. The van der Waals surface area contributed by atoms with E-state index in [1.165, 1.54) is 6.07 Å². The predicted octanol–water partition coefficient (Wildman–Crippen LogP) is 3.69. The van der Waals surface area contributed by atoms with Gasteiger partial charge in [0.25, 0.3) is 5.91 Å². The molecule has 166 valence electrons. The van der Waals surface area contributed by atoms with E-state index in [2.05, 4.69) is 25.5 Å². The molecule has 0 aliphatic carbocycles. The fourth-order valence-electron chi connectivity index (χ4n) is 3.97. The largest absolute Gasteiger partial charge is 0.348 e. The Morgan fingerprint density at radius 1 is 1.09 bits per heavy atom. The molecule has 1 aliphatic heterocycles. The van der Waals surface area contributed by atoms with Gasteiger partial charge in [-0.2, -0.15) is 0 Å². The molecule has 1 amide bonds. The van der Waals surface area contributed by atoms with E-state index in [4.69, 9.17) is 0 Å². The first kappa shape index (κ1) is 21.9. The van der Waals surface area contributed by atoms with Gasteiger partial charge in [0, 0.05) is 38.2 Å². The summed E-state index contributed by atoms with van der Waals surface area (Å²) in [5.41, 5.74) is 2.47. The molecular formula is C25H28FN5O. The molecule has 1 atom stereocenters. The Morgan fingerprint density at radius 2 is 2.00 bits per heavy atom. The number of nitrogens with zero attached hydrogens (tertiary/aromatic N) is 3. The van der Waals surface area contributed by atoms with Crippen molar-refractivity contribution in [3.05, 3.63) is 89.6 Å². The first-order valence-electron chi connectivity index (χ1n) is 11.1. The van der Waals surface area contributed by atoms with Crippen LogP contribution in [0, 0.1) is 5.82 Å². The predicted molar refractivity (Wildman–Crippen MR) is 123 cm³/mol. The summed E-state index contributed by atoms with van der Waals surface area (Å²) in [6.45, 7) is 2.11. The maximum Gasteiger partial charge on any atom is 0.253 e. The average molecular weight is 434 g/mol. The van der Waals surface area contributed by atoms with Gasteiger partial charge in [-0.15, -0.1) is 0 Å². The van der Waals surface area contributed by atoms with Gasteiger partial charge in [0.1, 0.15) is 11.6 Å². The second kappa shape index (κ2) is 10.8. The molecule has 6 nitrogen and oxygen atoms in total. The van der Waals surface area contributed by atoms with Crippen molar-refractivity contribution in [1.29, 1.82) is 0 Å². The summed E-state index contributed by atoms with van der Waals surface area (Å²) < 4.78 is 13.4. The van der Waals surface area contributed by atoms with Gasteiger partial charge in [-0.25, -0.2) is 9.37 Å². The summed E-state index contributed by atoms with van der Waals surface area (Å²) in [5.74, 6) is 0.503. The molecule has 2 aromatic heterocycles. The summed E-state index contributed by atoms with van der Waals surface area (Å²) >= 11 is 0. The monoisotopic (exact) mass is 433 g/mol. The van der Waals surface area contributed by atoms with E-state index in [1.54, 1.807) is 30.7 Å². The molecule has 3 aromatic rings. The van der Waals surface area contributed by atoms with Crippen molar-refractivity contribution >= 4 is 11.7 Å². The molecule has 1 unspecified atom stereocenters. The van der Waals surface area contributed by atoms with Crippen LogP contribution in [0.2, 0.25) is 0 Å². The molecule has 1 aliphatic rings. The number of amides is 1. The number of hydrogen-bond acceptors (Lipinski definition) is 5. The normalized spacial score (nSPS) is 16.0. The molecule has 7 heteroatoms. The smallest absolute Gasteiger partial charge is 0.253 e. The summed E-state index contributed by atoms with van der Waals surface area (Å²) in [7, 11) is 0. The van der Waals surface area contributed by atoms with Crippen LogP contribution in [0.25, 0.3) is 0 Å².